The molecule has 1 aromatic heterocycles. The maximum absolute atomic E-state index is 14.2. The number of nitrogens with zero attached hydrogens (tertiary/aromatic N) is 2. The first kappa shape index (κ1) is 19.5. The molecule has 10 heteroatoms. The van der Waals surface area contributed by atoms with Gasteiger partial charge in [-0.1, -0.05) is 23.7 Å². The smallest absolute Gasteiger partial charge is 0.269 e. The zero-order chi connectivity index (χ0) is 19.6. The molecule has 0 N–H and O–H groups in total. The Kier molecular flexibility index (Phi) is 5.64. The highest BCUT2D eigenvalue weighted by Gasteiger charge is 2.31. The number of sulfonamides is 1. The van der Waals surface area contributed by atoms with Crippen molar-refractivity contribution >= 4 is 38.1 Å². The van der Waals surface area contributed by atoms with E-state index in [1.807, 2.05) is 0 Å². The van der Waals surface area contributed by atoms with E-state index in [0.29, 0.717) is 17.4 Å². The number of rotatable bonds is 6. The van der Waals surface area contributed by atoms with E-state index in [1.165, 1.54) is 13.3 Å². The lowest BCUT2D eigenvalue weighted by Crippen LogP contribution is -2.31. The Morgan fingerprint density at radius 2 is 1.89 bits per heavy atom. The summed E-state index contributed by atoms with van der Waals surface area (Å²) in [5.41, 5.74) is 0.628. The van der Waals surface area contributed by atoms with Gasteiger partial charge in [-0.15, -0.1) is 11.3 Å². The van der Waals surface area contributed by atoms with Crippen molar-refractivity contribution in [3.63, 3.8) is 0 Å². The van der Waals surface area contributed by atoms with E-state index < -0.39 is 31.6 Å². The normalized spacial score (nSPS) is 11.4. The van der Waals surface area contributed by atoms with Crippen molar-refractivity contribution in [3.8, 4) is 5.75 Å². The molecule has 27 heavy (non-hydrogen) atoms. The first-order valence-electron chi connectivity index (χ1n) is 7.52. The van der Waals surface area contributed by atoms with E-state index in [9.17, 15) is 17.2 Å². The summed E-state index contributed by atoms with van der Waals surface area (Å²) in [7, 11) is -2.87. The molecule has 0 saturated heterocycles. The van der Waals surface area contributed by atoms with Crippen molar-refractivity contribution in [2.75, 3.05) is 11.4 Å². The molecule has 0 aliphatic heterocycles. The highest BCUT2D eigenvalue weighted by molar-refractivity contribution is 7.93. The molecule has 0 spiro atoms. The van der Waals surface area contributed by atoms with Crippen LogP contribution in [0.15, 0.2) is 52.9 Å². The van der Waals surface area contributed by atoms with E-state index in [0.717, 1.165) is 21.7 Å². The molecule has 0 aliphatic carbocycles. The lowest BCUT2D eigenvalue weighted by atomic mass is 10.2. The molecular formula is C17H13ClF2N2O3S2. The third kappa shape index (κ3) is 4.05. The Morgan fingerprint density at radius 3 is 2.48 bits per heavy atom. The van der Waals surface area contributed by atoms with Gasteiger partial charge in [0.2, 0.25) is 0 Å². The summed E-state index contributed by atoms with van der Waals surface area (Å²) in [6.45, 7) is -0.103. The number of anilines is 1. The Hall–Kier alpha value is -2.23. The highest BCUT2D eigenvalue weighted by Crippen LogP contribution is 2.31. The number of hydrogen-bond donors (Lipinski definition) is 0. The second-order valence-corrected chi connectivity index (χ2v) is 8.48. The third-order valence-electron chi connectivity index (χ3n) is 3.66. The van der Waals surface area contributed by atoms with Gasteiger partial charge in [0.1, 0.15) is 22.3 Å². The van der Waals surface area contributed by atoms with E-state index >= 15 is 0 Å². The summed E-state index contributed by atoms with van der Waals surface area (Å²) in [5, 5.41) is 1.25. The van der Waals surface area contributed by atoms with Crippen LogP contribution >= 0.6 is 22.9 Å². The molecule has 0 amide bonds. The first-order valence-corrected chi connectivity index (χ1v) is 10.2. The molecule has 0 saturated carbocycles. The number of aromatic nitrogens is 1. The molecule has 0 aliphatic rings. The minimum Gasteiger partial charge on any atom is -0.497 e. The van der Waals surface area contributed by atoms with Crippen LogP contribution in [0.2, 0.25) is 5.02 Å². The zero-order valence-corrected chi connectivity index (χ0v) is 16.3. The summed E-state index contributed by atoms with van der Waals surface area (Å²) >= 11 is 6.74. The molecule has 1 heterocycles. The molecule has 3 aromatic rings. The Balaban J connectivity index is 2.06. The van der Waals surface area contributed by atoms with Crippen LogP contribution in [0.1, 0.15) is 5.56 Å². The predicted molar refractivity (Wildman–Crippen MR) is 99.8 cm³/mol. The van der Waals surface area contributed by atoms with Gasteiger partial charge in [0, 0.05) is 17.6 Å². The standard InChI is InChI=1S/C17H13ClF2N2O3S2/c1-25-12-4-2-11(3-5-12)10-22(17-21-6-7-26-17)27(23,24)16-8-13(18)14(19)9-15(16)20/h2-9H,10H2,1H3. The quantitative estimate of drug-likeness (QED) is 0.541. The van der Waals surface area contributed by atoms with Crippen LogP contribution in [-0.4, -0.2) is 20.5 Å². The number of benzene rings is 2. The fraction of sp³-hybridized carbons (Fsp3) is 0.118. The Labute approximate surface area is 163 Å². The minimum atomic E-state index is -4.38. The maximum atomic E-state index is 14.2. The lowest BCUT2D eigenvalue weighted by Gasteiger charge is -2.22. The van der Waals surface area contributed by atoms with Crippen molar-refractivity contribution < 1.29 is 21.9 Å². The third-order valence-corrected chi connectivity index (χ3v) is 6.61. The summed E-state index contributed by atoms with van der Waals surface area (Å²) in [6, 6.07) is 7.93. The first-order chi connectivity index (χ1) is 12.8. The van der Waals surface area contributed by atoms with Crippen molar-refractivity contribution in [2.45, 2.75) is 11.4 Å². The van der Waals surface area contributed by atoms with E-state index in [4.69, 9.17) is 16.3 Å². The minimum absolute atomic E-state index is 0.103. The van der Waals surface area contributed by atoms with E-state index in [1.54, 1.807) is 29.6 Å². The van der Waals surface area contributed by atoms with Crippen LogP contribution in [0.25, 0.3) is 0 Å². The van der Waals surface area contributed by atoms with Crippen molar-refractivity contribution in [1.29, 1.82) is 0 Å². The summed E-state index contributed by atoms with van der Waals surface area (Å²) < 4.78 is 59.9. The fourth-order valence-corrected chi connectivity index (χ4v) is 4.89. The van der Waals surface area contributed by atoms with Crippen LogP contribution in [0.4, 0.5) is 13.9 Å². The number of methoxy groups -OCH3 is 1. The average Bonchev–Trinajstić information content (AvgIpc) is 3.17. The van der Waals surface area contributed by atoms with Crippen LogP contribution in [-0.2, 0) is 16.6 Å². The maximum Gasteiger partial charge on any atom is 0.269 e. The second kappa shape index (κ2) is 7.79. The van der Waals surface area contributed by atoms with Crippen LogP contribution in [0, 0.1) is 11.6 Å². The van der Waals surface area contributed by atoms with Crippen LogP contribution in [0.3, 0.4) is 0 Å². The zero-order valence-electron chi connectivity index (χ0n) is 13.9. The highest BCUT2D eigenvalue weighted by atomic mass is 35.5. The van der Waals surface area contributed by atoms with Gasteiger partial charge in [-0.25, -0.2) is 26.5 Å². The molecule has 0 radical (unpaired) electrons. The van der Waals surface area contributed by atoms with Gasteiger partial charge in [0.25, 0.3) is 10.0 Å². The van der Waals surface area contributed by atoms with Gasteiger partial charge >= 0.3 is 0 Å². The van der Waals surface area contributed by atoms with Crippen molar-refractivity contribution in [2.24, 2.45) is 0 Å². The summed E-state index contributed by atoms with van der Waals surface area (Å²) in [4.78, 5) is 3.29. The van der Waals surface area contributed by atoms with Gasteiger partial charge < -0.3 is 4.74 Å². The molecule has 0 atom stereocenters. The molecule has 0 bridgehead atoms. The van der Waals surface area contributed by atoms with Gasteiger partial charge in [0.15, 0.2) is 5.13 Å². The molecule has 3 rings (SSSR count). The van der Waals surface area contributed by atoms with Crippen LogP contribution in [0.5, 0.6) is 5.75 Å². The summed E-state index contributed by atoms with van der Waals surface area (Å²) in [6.07, 6.45) is 1.44. The summed E-state index contributed by atoms with van der Waals surface area (Å²) in [5.74, 6) is -1.66. The Bertz CT molecular complexity index is 1040. The molecule has 0 unspecified atom stereocenters. The Morgan fingerprint density at radius 1 is 1.19 bits per heavy atom. The molecule has 0 fully saturated rings. The molecular weight excluding hydrogens is 418 g/mol. The number of thiazole rings is 1. The van der Waals surface area contributed by atoms with Crippen LogP contribution < -0.4 is 9.04 Å². The largest absolute Gasteiger partial charge is 0.497 e. The van der Waals surface area contributed by atoms with E-state index in [-0.39, 0.29) is 11.7 Å². The molecule has 142 valence electrons. The monoisotopic (exact) mass is 430 g/mol. The lowest BCUT2D eigenvalue weighted by molar-refractivity contribution is 0.414. The number of hydrogen-bond acceptors (Lipinski definition) is 5. The molecule has 2 aromatic carbocycles. The predicted octanol–water partition coefficient (Wildman–Crippen LogP) is 4.48. The number of halogens is 3. The SMILES string of the molecule is COc1ccc(CN(c2nccs2)S(=O)(=O)c2cc(Cl)c(F)cc2F)cc1. The number of ether oxygens (including phenoxy) is 1. The average molecular weight is 431 g/mol. The van der Waals surface area contributed by atoms with E-state index in [2.05, 4.69) is 4.98 Å². The fourth-order valence-electron chi connectivity index (χ4n) is 2.31. The van der Waals surface area contributed by atoms with Gasteiger partial charge in [0.05, 0.1) is 18.7 Å². The van der Waals surface area contributed by atoms with Gasteiger partial charge in [-0.3, -0.25) is 0 Å². The topological polar surface area (TPSA) is 59.5 Å². The van der Waals surface area contributed by atoms with Crippen molar-refractivity contribution in [1.82, 2.24) is 4.98 Å². The molecule has 5 nitrogen and oxygen atoms in total. The second-order valence-electron chi connectivity index (χ2n) is 5.37. The van der Waals surface area contributed by atoms with Gasteiger partial charge in [-0.05, 0) is 23.8 Å². The van der Waals surface area contributed by atoms with Crippen molar-refractivity contribution in [3.05, 3.63) is 70.2 Å². The van der Waals surface area contributed by atoms with Gasteiger partial charge in [-0.2, -0.15) is 0 Å².